The lowest BCUT2D eigenvalue weighted by atomic mass is 9.85. The van der Waals surface area contributed by atoms with Crippen LogP contribution in [0.1, 0.15) is 0 Å². The van der Waals surface area contributed by atoms with Gasteiger partial charge in [0.05, 0.1) is 27.6 Å². The number of aromatic nitrogens is 4. The normalized spacial score (nSPS) is 11.9. The Bertz CT molecular complexity index is 3860. The highest BCUT2D eigenvalue weighted by Gasteiger charge is 2.20. The summed E-state index contributed by atoms with van der Waals surface area (Å²) in [4.78, 5) is 10.3. The van der Waals surface area contributed by atoms with Gasteiger partial charge in [-0.3, -0.25) is 8.97 Å². The molecule has 62 heavy (non-hydrogen) atoms. The van der Waals surface area contributed by atoms with Gasteiger partial charge in [-0.25, -0.2) is 9.97 Å². The maximum Gasteiger partial charge on any atom is 0.146 e. The number of rotatable bonds is 5. The third-order valence-electron chi connectivity index (χ3n) is 12.7. The molecule has 0 N–H and O–H groups in total. The minimum Gasteiger partial charge on any atom is -0.292 e. The average molecular weight is 789 g/mol. The summed E-state index contributed by atoms with van der Waals surface area (Å²) in [7, 11) is 0. The lowest BCUT2D eigenvalue weighted by Gasteiger charge is -2.18. The number of fused-ring (bicyclic) bond motifs is 11. The molecule has 0 spiro atoms. The standard InChI is InChI=1S/C58H36N4/c1-2-17-42(18-3-1)61-53-27-12-9-24-50(53)59-57(61)41-16-14-15-40(35-41)56-46-22-6-4-20-44(46)55(45-21-5-7-23-47(45)56)38-31-29-37(30-32-38)39-33-34-48-49(36-39)43-19-8-11-26-52(43)62-54-28-13-10-25-51(54)60-58(48)62/h1-36H. The molecule has 0 aliphatic heterocycles. The fourth-order valence-corrected chi connectivity index (χ4v) is 9.94. The monoisotopic (exact) mass is 788 g/mol. The number of benzene rings is 10. The van der Waals surface area contributed by atoms with Gasteiger partial charge in [0.2, 0.25) is 0 Å². The molecule has 10 aromatic carbocycles. The van der Waals surface area contributed by atoms with Gasteiger partial charge in [-0.2, -0.15) is 0 Å². The Morgan fingerprint density at radius 3 is 1.53 bits per heavy atom. The van der Waals surface area contributed by atoms with E-state index in [-0.39, 0.29) is 0 Å². The molecule has 13 rings (SSSR count). The molecule has 0 fully saturated rings. The van der Waals surface area contributed by atoms with Crippen molar-refractivity contribution in [2.75, 3.05) is 0 Å². The molecule has 13 aromatic rings. The van der Waals surface area contributed by atoms with E-state index in [0.29, 0.717) is 0 Å². The zero-order chi connectivity index (χ0) is 40.7. The highest BCUT2D eigenvalue weighted by Crippen LogP contribution is 2.45. The van der Waals surface area contributed by atoms with Crippen LogP contribution < -0.4 is 0 Å². The van der Waals surface area contributed by atoms with Gasteiger partial charge in [-0.15, -0.1) is 0 Å². The first-order valence-corrected chi connectivity index (χ1v) is 21.2. The molecule has 0 saturated carbocycles. The summed E-state index contributed by atoms with van der Waals surface area (Å²) in [6.45, 7) is 0. The van der Waals surface area contributed by atoms with E-state index in [9.17, 15) is 0 Å². The Morgan fingerprint density at radius 2 is 0.823 bits per heavy atom. The largest absolute Gasteiger partial charge is 0.292 e. The molecule has 4 nitrogen and oxygen atoms in total. The van der Waals surface area contributed by atoms with Gasteiger partial charge in [0.15, 0.2) is 0 Å². The van der Waals surface area contributed by atoms with Crippen LogP contribution in [0.25, 0.3) is 121 Å². The first-order chi connectivity index (χ1) is 30.8. The van der Waals surface area contributed by atoms with E-state index in [2.05, 4.69) is 227 Å². The van der Waals surface area contributed by atoms with Crippen molar-refractivity contribution in [2.45, 2.75) is 0 Å². The highest BCUT2D eigenvalue weighted by molar-refractivity contribution is 6.21. The van der Waals surface area contributed by atoms with E-state index < -0.39 is 0 Å². The van der Waals surface area contributed by atoms with Crippen LogP contribution >= 0.6 is 0 Å². The van der Waals surface area contributed by atoms with E-state index in [1.165, 1.54) is 60.1 Å². The quantitative estimate of drug-likeness (QED) is 0.129. The zero-order valence-electron chi connectivity index (χ0n) is 33.6. The first-order valence-electron chi connectivity index (χ1n) is 21.2. The number of pyridine rings is 1. The topological polar surface area (TPSA) is 35.1 Å². The average Bonchev–Trinajstić information content (AvgIpc) is 3.94. The third kappa shape index (κ3) is 5.20. The molecule has 0 aliphatic carbocycles. The van der Waals surface area contributed by atoms with E-state index in [1.54, 1.807) is 0 Å². The Hall–Kier alpha value is -8.34. The van der Waals surface area contributed by atoms with Crippen LogP contribution in [0, 0.1) is 0 Å². The van der Waals surface area contributed by atoms with Crippen LogP contribution in [0.4, 0.5) is 0 Å². The van der Waals surface area contributed by atoms with Gasteiger partial charge in [0.25, 0.3) is 0 Å². The molecule has 0 radical (unpaired) electrons. The SMILES string of the molecule is c1ccc(-n2c(-c3cccc(-c4c5ccccc5c(-c5ccc(-c6ccc7c(c6)c6ccccc6n6c8ccccc8nc76)cc5)c5ccccc45)c3)nc3ccccc32)cc1. The van der Waals surface area contributed by atoms with Crippen molar-refractivity contribution in [2.24, 2.45) is 0 Å². The summed E-state index contributed by atoms with van der Waals surface area (Å²) in [5.74, 6) is 0.924. The Kier molecular flexibility index (Phi) is 7.57. The van der Waals surface area contributed by atoms with Crippen LogP contribution in [0.15, 0.2) is 218 Å². The molecule has 0 amide bonds. The summed E-state index contributed by atoms with van der Waals surface area (Å²) in [5, 5.41) is 8.47. The summed E-state index contributed by atoms with van der Waals surface area (Å²) in [5.41, 5.74) is 15.7. The van der Waals surface area contributed by atoms with Crippen molar-refractivity contribution in [3.63, 3.8) is 0 Å². The van der Waals surface area contributed by atoms with Crippen LogP contribution in [0.3, 0.4) is 0 Å². The predicted octanol–water partition coefficient (Wildman–Crippen LogP) is 15.1. The lowest BCUT2D eigenvalue weighted by Crippen LogP contribution is -1.97. The maximum atomic E-state index is 5.21. The summed E-state index contributed by atoms with van der Waals surface area (Å²) in [6.07, 6.45) is 0. The zero-order valence-corrected chi connectivity index (χ0v) is 33.6. The van der Waals surface area contributed by atoms with Crippen LogP contribution in [-0.4, -0.2) is 18.9 Å². The molecule has 288 valence electrons. The molecule has 0 aliphatic rings. The van der Waals surface area contributed by atoms with Crippen molar-refractivity contribution in [3.8, 4) is 50.5 Å². The van der Waals surface area contributed by atoms with Gasteiger partial charge in [-0.1, -0.05) is 158 Å². The minimum atomic E-state index is 0.924. The van der Waals surface area contributed by atoms with Crippen molar-refractivity contribution >= 4 is 70.9 Å². The molecular formula is C58H36N4. The third-order valence-corrected chi connectivity index (χ3v) is 12.7. The molecule has 4 heteroatoms. The molecular weight excluding hydrogens is 753 g/mol. The Morgan fingerprint density at radius 1 is 0.290 bits per heavy atom. The van der Waals surface area contributed by atoms with E-state index in [4.69, 9.17) is 9.97 Å². The van der Waals surface area contributed by atoms with E-state index >= 15 is 0 Å². The molecule has 3 heterocycles. The van der Waals surface area contributed by atoms with Crippen LogP contribution in [-0.2, 0) is 0 Å². The fraction of sp³-hybridized carbons (Fsp3) is 0. The maximum absolute atomic E-state index is 5.21. The van der Waals surface area contributed by atoms with E-state index in [0.717, 1.165) is 61.3 Å². The number of imidazole rings is 2. The predicted molar refractivity (Wildman–Crippen MR) is 259 cm³/mol. The lowest BCUT2D eigenvalue weighted by molar-refractivity contribution is 1.10. The summed E-state index contributed by atoms with van der Waals surface area (Å²) >= 11 is 0. The number of para-hydroxylation sites is 6. The van der Waals surface area contributed by atoms with Crippen LogP contribution in [0.2, 0.25) is 0 Å². The van der Waals surface area contributed by atoms with Crippen molar-refractivity contribution in [1.29, 1.82) is 0 Å². The van der Waals surface area contributed by atoms with Crippen molar-refractivity contribution in [3.05, 3.63) is 218 Å². The molecule has 3 aromatic heterocycles. The highest BCUT2D eigenvalue weighted by atomic mass is 15.1. The van der Waals surface area contributed by atoms with Gasteiger partial charge in [0, 0.05) is 22.0 Å². The Balaban J connectivity index is 0.949. The summed E-state index contributed by atoms with van der Waals surface area (Å²) < 4.78 is 4.58. The van der Waals surface area contributed by atoms with Crippen LogP contribution in [0.5, 0.6) is 0 Å². The minimum absolute atomic E-state index is 0.924. The van der Waals surface area contributed by atoms with Gasteiger partial charge >= 0.3 is 0 Å². The van der Waals surface area contributed by atoms with Crippen molar-refractivity contribution in [1.82, 2.24) is 18.9 Å². The van der Waals surface area contributed by atoms with Gasteiger partial charge in [-0.05, 0) is 121 Å². The Labute approximate surface area is 357 Å². The number of hydrogen-bond acceptors (Lipinski definition) is 2. The second-order valence-electron chi connectivity index (χ2n) is 16.1. The fourth-order valence-electron chi connectivity index (χ4n) is 9.94. The van der Waals surface area contributed by atoms with Gasteiger partial charge in [0.1, 0.15) is 11.5 Å². The van der Waals surface area contributed by atoms with E-state index in [1.807, 2.05) is 0 Å². The molecule has 0 unspecified atom stereocenters. The molecule has 0 atom stereocenters. The number of nitrogens with zero attached hydrogens (tertiary/aromatic N) is 4. The second kappa shape index (κ2) is 13.6. The molecule has 0 saturated heterocycles. The number of hydrogen-bond donors (Lipinski definition) is 0. The second-order valence-corrected chi connectivity index (χ2v) is 16.1. The van der Waals surface area contributed by atoms with Gasteiger partial charge < -0.3 is 0 Å². The molecule has 0 bridgehead atoms. The first kappa shape index (κ1) is 34.5. The van der Waals surface area contributed by atoms with Crippen molar-refractivity contribution < 1.29 is 0 Å². The smallest absolute Gasteiger partial charge is 0.146 e. The summed E-state index contributed by atoms with van der Waals surface area (Å²) in [6, 6.07) is 78.7.